The third kappa shape index (κ3) is 3.49. The zero-order chi connectivity index (χ0) is 22.8. The summed E-state index contributed by atoms with van der Waals surface area (Å²) in [6.07, 6.45) is 12.1. The Hall–Kier alpha value is -0.640. The van der Waals surface area contributed by atoms with Crippen molar-refractivity contribution in [2.24, 2.45) is 46.3 Å². The monoisotopic (exact) mass is 430 g/mol. The van der Waals surface area contributed by atoms with E-state index in [2.05, 4.69) is 53.7 Å². The van der Waals surface area contributed by atoms with Crippen LogP contribution in [0, 0.1) is 46.3 Å². The van der Waals surface area contributed by atoms with Crippen LogP contribution in [0.25, 0.3) is 0 Å². The van der Waals surface area contributed by atoms with Gasteiger partial charge in [-0.2, -0.15) is 0 Å². The maximum Gasteiger partial charge on any atom is 0.102 e. The first-order valence-corrected chi connectivity index (χ1v) is 12.9. The molecule has 0 amide bonds. The second-order valence-corrected chi connectivity index (χ2v) is 12.5. The van der Waals surface area contributed by atoms with Crippen LogP contribution in [0.4, 0.5) is 0 Å². The molecule has 0 saturated heterocycles. The van der Waals surface area contributed by atoms with Crippen molar-refractivity contribution in [3.8, 4) is 0 Å². The number of aliphatic hydroxyl groups is 3. The van der Waals surface area contributed by atoms with E-state index in [1.165, 1.54) is 24.8 Å². The smallest absolute Gasteiger partial charge is 0.102 e. The van der Waals surface area contributed by atoms with Gasteiger partial charge in [-0.3, -0.25) is 0 Å². The molecule has 5 unspecified atom stereocenters. The maximum absolute atomic E-state index is 11.6. The third-order valence-corrected chi connectivity index (χ3v) is 10.7. The van der Waals surface area contributed by atoms with Crippen molar-refractivity contribution in [1.82, 2.24) is 0 Å². The highest BCUT2D eigenvalue weighted by Gasteiger charge is 2.64. The van der Waals surface area contributed by atoms with Crippen molar-refractivity contribution < 1.29 is 15.3 Å². The minimum absolute atomic E-state index is 0.271. The molecule has 0 spiro atoms. The van der Waals surface area contributed by atoms with Gasteiger partial charge in [-0.15, -0.1) is 0 Å². The highest BCUT2D eigenvalue weighted by Crippen LogP contribution is 2.67. The van der Waals surface area contributed by atoms with Crippen LogP contribution < -0.4 is 0 Å². The molecule has 31 heavy (non-hydrogen) atoms. The van der Waals surface area contributed by atoms with Crippen molar-refractivity contribution in [3.05, 3.63) is 23.8 Å². The Balaban J connectivity index is 1.61. The lowest BCUT2D eigenvalue weighted by molar-refractivity contribution is -0.210. The van der Waals surface area contributed by atoms with Crippen LogP contribution in [-0.2, 0) is 0 Å². The van der Waals surface area contributed by atoms with E-state index in [0.717, 1.165) is 19.3 Å². The molecule has 176 valence electrons. The van der Waals surface area contributed by atoms with Gasteiger partial charge < -0.3 is 15.3 Å². The van der Waals surface area contributed by atoms with E-state index in [4.69, 9.17) is 0 Å². The Bertz CT molecular complexity index is 741. The second kappa shape index (κ2) is 7.99. The zero-order valence-electron chi connectivity index (χ0n) is 20.6. The lowest BCUT2D eigenvalue weighted by Crippen LogP contribution is -2.65. The van der Waals surface area contributed by atoms with Crippen LogP contribution in [0.5, 0.6) is 0 Å². The number of aliphatic hydroxyl groups excluding tert-OH is 2. The van der Waals surface area contributed by atoms with Crippen LogP contribution in [0.15, 0.2) is 23.8 Å². The fourth-order valence-electron chi connectivity index (χ4n) is 8.16. The molecular weight excluding hydrogens is 384 g/mol. The van der Waals surface area contributed by atoms with Gasteiger partial charge in [0.25, 0.3) is 0 Å². The van der Waals surface area contributed by atoms with Gasteiger partial charge in [0.15, 0.2) is 0 Å². The molecule has 0 heterocycles. The molecule has 0 bridgehead atoms. The number of rotatable bonds is 4. The Morgan fingerprint density at radius 3 is 2.32 bits per heavy atom. The lowest BCUT2D eigenvalue weighted by Gasteiger charge is -2.62. The maximum atomic E-state index is 11.6. The summed E-state index contributed by atoms with van der Waals surface area (Å²) in [6.45, 7) is 14.0. The number of allylic oxidation sites excluding steroid dienone is 3. The van der Waals surface area contributed by atoms with E-state index in [1.807, 2.05) is 6.08 Å². The largest absolute Gasteiger partial charge is 0.393 e. The topological polar surface area (TPSA) is 60.7 Å². The van der Waals surface area contributed by atoms with Gasteiger partial charge in [-0.1, -0.05) is 65.3 Å². The first-order valence-electron chi connectivity index (χ1n) is 12.9. The quantitative estimate of drug-likeness (QED) is 0.516. The fourth-order valence-corrected chi connectivity index (χ4v) is 8.16. The Morgan fingerprint density at radius 2 is 1.65 bits per heavy atom. The molecule has 3 saturated carbocycles. The summed E-state index contributed by atoms with van der Waals surface area (Å²) in [6, 6.07) is 0. The van der Waals surface area contributed by atoms with Crippen LogP contribution in [0.3, 0.4) is 0 Å². The normalized spacial score (nSPS) is 49.4. The van der Waals surface area contributed by atoms with E-state index in [-0.39, 0.29) is 10.8 Å². The summed E-state index contributed by atoms with van der Waals surface area (Å²) in [5.41, 5.74) is 0.160. The van der Waals surface area contributed by atoms with Crippen LogP contribution in [-0.4, -0.2) is 33.1 Å². The molecule has 3 N–H and O–H groups in total. The molecule has 0 aromatic rings. The van der Waals surface area contributed by atoms with Gasteiger partial charge in [-0.25, -0.2) is 0 Å². The predicted molar refractivity (Wildman–Crippen MR) is 126 cm³/mol. The third-order valence-electron chi connectivity index (χ3n) is 10.7. The van der Waals surface area contributed by atoms with Crippen LogP contribution in [0.1, 0.15) is 86.5 Å². The van der Waals surface area contributed by atoms with E-state index in [1.54, 1.807) is 0 Å². The van der Waals surface area contributed by atoms with Crippen molar-refractivity contribution in [2.45, 2.75) is 104 Å². The SMILES string of the molecule is CC(C)[C@@H](C)/C=C/[C@@H](C)[C@H]1CCC2C3=C[C@@H](O)C4(O)C[C@@H](O)CCC4(C)C3CCC21C. The van der Waals surface area contributed by atoms with Crippen molar-refractivity contribution in [2.75, 3.05) is 0 Å². The average molecular weight is 431 g/mol. The molecule has 4 rings (SSSR count). The summed E-state index contributed by atoms with van der Waals surface area (Å²) < 4.78 is 0. The average Bonchev–Trinajstić information content (AvgIpc) is 3.05. The fraction of sp³-hybridized carbons (Fsp3) is 0.857. The van der Waals surface area contributed by atoms with Crippen molar-refractivity contribution >= 4 is 0 Å². The molecule has 0 radical (unpaired) electrons. The predicted octanol–water partition coefficient (Wildman–Crippen LogP) is 5.50. The standard InChI is InChI=1S/C28H46O3/c1-17(2)18(3)7-8-19(4)22-9-10-23-21-15-25(30)28(31)16-20(29)11-14-27(28,6)24(21)12-13-26(22,23)5/h7-8,15,17-20,22-25,29-31H,9-14,16H2,1-6H3/b8-7+/t18-,19+,20-,22+,23?,24?,25+,26?,27?,28?/m0/s1. The minimum atomic E-state index is -1.20. The van der Waals surface area contributed by atoms with Gasteiger partial charge in [0, 0.05) is 11.8 Å². The van der Waals surface area contributed by atoms with Gasteiger partial charge in [0.2, 0.25) is 0 Å². The number of fused-ring (bicyclic) bond motifs is 5. The summed E-state index contributed by atoms with van der Waals surface area (Å²) in [4.78, 5) is 0. The summed E-state index contributed by atoms with van der Waals surface area (Å²) in [5.74, 6) is 3.37. The Morgan fingerprint density at radius 1 is 0.935 bits per heavy atom. The van der Waals surface area contributed by atoms with E-state index in [9.17, 15) is 15.3 Å². The lowest BCUT2D eigenvalue weighted by atomic mass is 9.45. The summed E-state index contributed by atoms with van der Waals surface area (Å²) in [7, 11) is 0. The Kier molecular flexibility index (Phi) is 6.06. The van der Waals surface area contributed by atoms with E-state index < -0.39 is 17.8 Å². The molecule has 3 nitrogen and oxygen atoms in total. The molecule has 4 aliphatic carbocycles. The number of hydrogen-bond acceptors (Lipinski definition) is 3. The molecule has 0 aromatic heterocycles. The Labute approximate surface area is 190 Å². The van der Waals surface area contributed by atoms with Crippen molar-refractivity contribution in [1.29, 1.82) is 0 Å². The van der Waals surface area contributed by atoms with Crippen LogP contribution >= 0.6 is 0 Å². The highest BCUT2D eigenvalue weighted by molar-refractivity contribution is 5.33. The molecular formula is C28H46O3. The molecule has 10 atom stereocenters. The number of hydrogen-bond donors (Lipinski definition) is 3. The zero-order valence-corrected chi connectivity index (χ0v) is 20.6. The summed E-state index contributed by atoms with van der Waals surface area (Å²) >= 11 is 0. The highest BCUT2D eigenvalue weighted by atomic mass is 16.3. The molecule has 0 aromatic carbocycles. The molecule has 4 aliphatic rings. The molecule has 3 heteroatoms. The van der Waals surface area contributed by atoms with Gasteiger partial charge >= 0.3 is 0 Å². The first kappa shape index (κ1) is 23.5. The van der Waals surface area contributed by atoms with Gasteiger partial charge in [0.1, 0.15) is 11.7 Å². The molecule has 3 fully saturated rings. The van der Waals surface area contributed by atoms with Crippen LogP contribution in [0.2, 0.25) is 0 Å². The van der Waals surface area contributed by atoms with E-state index in [0.29, 0.717) is 41.9 Å². The molecule has 0 aliphatic heterocycles. The first-order chi connectivity index (χ1) is 14.4. The van der Waals surface area contributed by atoms with Crippen molar-refractivity contribution in [3.63, 3.8) is 0 Å². The second-order valence-electron chi connectivity index (χ2n) is 12.5. The van der Waals surface area contributed by atoms with E-state index >= 15 is 0 Å². The van der Waals surface area contributed by atoms with Gasteiger partial charge in [0.05, 0.1) is 6.10 Å². The minimum Gasteiger partial charge on any atom is -0.393 e. The van der Waals surface area contributed by atoms with Gasteiger partial charge in [-0.05, 0) is 79.4 Å². The summed E-state index contributed by atoms with van der Waals surface area (Å²) in [5, 5.41) is 32.9.